The fourth-order valence-corrected chi connectivity index (χ4v) is 4.82. The van der Waals surface area contributed by atoms with Crippen LogP contribution in [-0.4, -0.2) is 0 Å². The van der Waals surface area contributed by atoms with Gasteiger partial charge in [0.25, 0.3) is 0 Å². The van der Waals surface area contributed by atoms with Gasteiger partial charge in [0.05, 0.1) is 0 Å². The minimum atomic E-state index is 0.163. The van der Waals surface area contributed by atoms with Gasteiger partial charge < -0.3 is 5.73 Å². The van der Waals surface area contributed by atoms with Crippen LogP contribution in [-0.2, 0) is 0 Å². The molecule has 0 aliphatic heterocycles. The maximum atomic E-state index is 6.67. The second-order valence-electron chi connectivity index (χ2n) is 7.97. The van der Waals surface area contributed by atoms with Crippen molar-refractivity contribution in [3.63, 3.8) is 0 Å². The molecule has 3 rings (SSSR count). The smallest absolute Gasteiger partial charge is 0.0335 e. The Balaban J connectivity index is 1.82. The summed E-state index contributed by atoms with van der Waals surface area (Å²) in [5.74, 6) is 1.70. The predicted molar refractivity (Wildman–Crippen MR) is 99.3 cm³/mol. The first-order valence-corrected chi connectivity index (χ1v) is 9.67. The highest BCUT2D eigenvalue weighted by Crippen LogP contribution is 2.41. The number of allylic oxidation sites excluding steroid dienone is 1. The number of benzene rings is 1. The lowest BCUT2D eigenvalue weighted by Crippen LogP contribution is -2.21. The van der Waals surface area contributed by atoms with E-state index in [1.807, 2.05) is 0 Å². The van der Waals surface area contributed by atoms with E-state index in [9.17, 15) is 0 Å². The molecular weight excluding hydrogens is 278 g/mol. The van der Waals surface area contributed by atoms with E-state index in [2.05, 4.69) is 38.1 Å². The highest BCUT2D eigenvalue weighted by Gasteiger charge is 2.27. The fourth-order valence-electron chi connectivity index (χ4n) is 4.82. The highest BCUT2D eigenvalue weighted by molar-refractivity contribution is 5.31. The van der Waals surface area contributed by atoms with E-state index in [1.54, 1.807) is 11.1 Å². The molecule has 3 unspecified atom stereocenters. The van der Waals surface area contributed by atoms with Gasteiger partial charge in [-0.05, 0) is 74.8 Å². The Bertz CT molecular complexity index is 549. The van der Waals surface area contributed by atoms with Crippen LogP contribution in [0.15, 0.2) is 35.4 Å². The molecule has 2 aliphatic carbocycles. The normalized spacial score (nSPS) is 26.3. The molecule has 1 aromatic carbocycles. The summed E-state index contributed by atoms with van der Waals surface area (Å²) in [6.07, 6.45) is 12.1. The molecule has 2 N–H and O–H groups in total. The molecule has 1 heteroatoms. The van der Waals surface area contributed by atoms with Crippen molar-refractivity contribution in [2.45, 2.75) is 77.7 Å². The van der Waals surface area contributed by atoms with Crippen LogP contribution < -0.4 is 5.73 Å². The molecule has 0 heterocycles. The Labute approximate surface area is 142 Å². The van der Waals surface area contributed by atoms with Crippen molar-refractivity contribution in [3.8, 4) is 0 Å². The molecule has 2 saturated carbocycles. The quantitative estimate of drug-likeness (QED) is 0.670. The Hall–Kier alpha value is -1.08. The van der Waals surface area contributed by atoms with E-state index in [1.165, 1.54) is 62.5 Å². The van der Waals surface area contributed by atoms with E-state index in [0.29, 0.717) is 0 Å². The van der Waals surface area contributed by atoms with Crippen LogP contribution in [0.5, 0.6) is 0 Å². The Morgan fingerprint density at radius 3 is 2.57 bits per heavy atom. The molecule has 1 aromatic rings. The van der Waals surface area contributed by atoms with Gasteiger partial charge in [-0.15, -0.1) is 0 Å². The topological polar surface area (TPSA) is 26.0 Å². The van der Waals surface area contributed by atoms with Gasteiger partial charge in [-0.3, -0.25) is 0 Å². The van der Waals surface area contributed by atoms with Gasteiger partial charge in [-0.25, -0.2) is 0 Å². The molecule has 2 fully saturated rings. The summed E-state index contributed by atoms with van der Waals surface area (Å²) in [4.78, 5) is 0. The van der Waals surface area contributed by atoms with Gasteiger partial charge in [-0.1, -0.05) is 55.2 Å². The molecule has 0 bridgehead atoms. The Kier molecular flexibility index (Phi) is 5.58. The zero-order chi connectivity index (χ0) is 16.2. The summed E-state index contributed by atoms with van der Waals surface area (Å²) >= 11 is 0. The predicted octanol–water partition coefficient (Wildman–Crippen LogP) is 6.08. The number of nitrogens with two attached hydrogens (primary N) is 1. The average molecular weight is 312 g/mol. The number of aryl methyl sites for hydroxylation is 1. The van der Waals surface area contributed by atoms with Gasteiger partial charge in [-0.2, -0.15) is 0 Å². The van der Waals surface area contributed by atoms with Crippen molar-refractivity contribution in [2.75, 3.05) is 0 Å². The molecule has 3 atom stereocenters. The molecule has 0 amide bonds. The first-order chi connectivity index (χ1) is 11.1. The van der Waals surface area contributed by atoms with Gasteiger partial charge in [0.15, 0.2) is 0 Å². The lowest BCUT2D eigenvalue weighted by Gasteiger charge is -2.32. The maximum Gasteiger partial charge on any atom is 0.0335 e. The van der Waals surface area contributed by atoms with Crippen molar-refractivity contribution < 1.29 is 0 Å². The summed E-state index contributed by atoms with van der Waals surface area (Å²) in [7, 11) is 0. The van der Waals surface area contributed by atoms with Crippen LogP contribution in [0.4, 0.5) is 0 Å². The molecule has 2 aliphatic rings. The maximum absolute atomic E-state index is 6.67. The summed E-state index contributed by atoms with van der Waals surface area (Å²) in [6, 6.07) is 8.83. The molecular formula is C22H33N. The van der Waals surface area contributed by atoms with Crippen molar-refractivity contribution >= 4 is 0 Å². The molecule has 0 spiro atoms. The Morgan fingerprint density at radius 2 is 1.87 bits per heavy atom. The first-order valence-electron chi connectivity index (χ1n) is 9.67. The number of hydrogen-bond donors (Lipinski definition) is 1. The Morgan fingerprint density at radius 1 is 1.13 bits per heavy atom. The van der Waals surface area contributed by atoms with Gasteiger partial charge in [0, 0.05) is 6.04 Å². The molecule has 23 heavy (non-hydrogen) atoms. The minimum Gasteiger partial charge on any atom is -0.324 e. The van der Waals surface area contributed by atoms with Crippen molar-refractivity contribution in [3.05, 3.63) is 46.5 Å². The van der Waals surface area contributed by atoms with Gasteiger partial charge in [0.1, 0.15) is 0 Å². The summed E-state index contributed by atoms with van der Waals surface area (Å²) in [5.41, 5.74) is 12.9. The number of hydrogen-bond acceptors (Lipinski definition) is 1. The van der Waals surface area contributed by atoms with Crippen LogP contribution in [0.3, 0.4) is 0 Å². The zero-order valence-corrected chi connectivity index (χ0v) is 15.0. The van der Waals surface area contributed by atoms with E-state index in [-0.39, 0.29) is 6.04 Å². The third kappa shape index (κ3) is 4.07. The highest BCUT2D eigenvalue weighted by atomic mass is 14.6. The van der Waals surface area contributed by atoms with E-state index in [4.69, 9.17) is 5.73 Å². The zero-order valence-electron chi connectivity index (χ0n) is 15.0. The summed E-state index contributed by atoms with van der Waals surface area (Å²) in [6.45, 7) is 4.63. The second-order valence-corrected chi connectivity index (χ2v) is 7.97. The van der Waals surface area contributed by atoms with E-state index in [0.717, 1.165) is 18.3 Å². The fraction of sp³-hybridized carbons (Fsp3) is 0.636. The van der Waals surface area contributed by atoms with Crippen LogP contribution >= 0.6 is 0 Å². The van der Waals surface area contributed by atoms with Crippen LogP contribution in [0.25, 0.3) is 0 Å². The summed E-state index contributed by atoms with van der Waals surface area (Å²) in [5, 5.41) is 0. The van der Waals surface area contributed by atoms with Crippen molar-refractivity contribution in [1.82, 2.24) is 0 Å². The SMILES string of the molecule is Cc1ccccc1C(N)CC(=C1CCCC1)C1CCCC(C)C1. The number of rotatable bonds is 4. The lowest BCUT2D eigenvalue weighted by atomic mass is 9.74. The lowest BCUT2D eigenvalue weighted by molar-refractivity contribution is 0.305. The second kappa shape index (κ2) is 7.66. The first kappa shape index (κ1) is 16.8. The van der Waals surface area contributed by atoms with Crippen LogP contribution in [0.1, 0.15) is 81.9 Å². The molecule has 0 saturated heterocycles. The van der Waals surface area contributed by atoms with Crippen molar-refractivity contribution in [1.29, 1.82) is 0 Å². The summed E-state index contributed by atoms with van der Waals surface area (Å²) < 4.78 is 0. The van der Waals surface area contributed by atoms with Gasteiger partial charge >= 0.3 is 0 Å². The van der Waals surface area contributed by atoms with Crippen LogP contribution in [0, 0.1) is 18.8 Å². The third-order valence-electron chi connectivity index (χ3n) is 6.12. The molecule has 0 radical (unpaired) electrons. The minimum absolute atomic E-state index is 0.163. The average Bonchev–Trinajstić information content (AvgIpc) is 3.07. The van der Waals surface area contributed by atoms with Crippen molar-refractivity contribution in [2.24, 2.45) is 17.6 Å². The molecule has 0 aromatic heterocycles. The van der Waals surface area contributed by atoms with E-state index < -0.39 is 0 Å². The monoisotopic (exact) mass is 311 g/mol. The van der Waals surface area contributed by atoms with Crippen LogP contribution in [0.2, 0.25) is 0 Å². The van der Waals surface area contributed by atoms with Gasteiger partial charge in [0.2, 0.25) is 0 Å². The standard InChI is InChI=1S/C22H33N/c1-16-8-7-12-19(14-16)21(18-10-4-5-11-18)15-22(23)20-13-6-3-9-17(20)2/h3,6,9,13,16,19,22H,4-5,7-8,10-12,14-15,23H2,1-2H3. The largest absolute Gasteiger partial charge is 0.324 e. The molecule has 1 nitrogen and oxygen atoms in total. The molecule has 126 valence electrons. The third-order valence-corrected chi connectivity index (χ3v) is 6.12. The van der Waals surface area contributed by atoms with E-state index >= 15 is 0 Å².